The first-order valence-corrected chi connectivity index (χ1v) is 7.90. The number of nitrogens with one attached hydrogen (secondary N) is 2. The molecular weight excluding hydrogens is 290 g/mol. The minimum absolute atomic E-state index is 0.0177. The monoisotopic (exact) mass is 311 g/mol. The standard InChI is InChI=1S/C14H21N3O3S/c1-20-9-13(18)16-10-4-3-5-11(8-10)17-14(19)12(15)6-7-21-2/h3-5,8,12H,6-7,9,15H2,1-2H3,(H,16,18)(H,17,19)/t12-/m0/s1. The summed E-state index contributed by atoms with van der Waals surface area (Å²) in [5.41, 5.74) is 6.98. The van der Waals surface area contributed by atoms with E-state index in [9.17, 15) is 9.59 Å². The van der Waals surface area contributed by atoms with Gasteiger partial charge in [0.25, 0.3) is 0 Å². The smallest absolute Gasteiger partial charge is 0.250 e. The molecule has 2 amide bonds. The summed E-state index contributed by atoms with van der Waals surface area (Å²) in [4.78, 5) is 23.3. The fourth-order valence-electron chi connectivity index (χ4n) is 1.61. The SMILES string of the molecule is COCC(=O)Nc1cccc(NC(=O)[C@@H](N)CCSC)c1. The Balaban J connectivity index is 2.59. The van der Waals surface area contributed by atoms with Crippen LogP contribution in [0.1, 0.15) is 6.42 Å². The third-order valence-electron chi connectivity index (χ3n) is 2.66. The van der Waals surface area contributed by atoms with Crippen LogP contribution in [-0.4, -0.2) is 43.6 Å². The van der Waals surface area contributed by atoms with E-state index in [4.69, 9.17) is 10.5 Å². The maximum Gasteiger partial charge on any atom is 0.250 e. The highest BCUT2D eigenvalue weighted by atomic mass is 32.2. The van der Waals surface area contributed by atoms with E-state index >= 15 is 0 Å². The number of carbonyl (C=O) groups is 2. The van der Waals surface area contributed by atoms with Gasteiger partial charge in [-0.2, -0.15) is 11.8 Å². The van der Waals surface area contributed by atoms with Crippen LogP contribution < -0.4 is 16.4 Å². The zero-order valence-electron chi connectivity index (χ0n) is 12.2. The minimum Gasteiger partial charge on any atom is -0.375 e. The molecule has 1 rings (SSSR count). The molecule has 1 atom stereocenters. The number of carbonyl (C=O) groups excluding carboxylic acids is 2. The molecule has 1 aromatic rings. The van der Waals surface area contributed by atoms with E-state index < -0.39 is 6.04 Å². The molecule has 0 unspecified atom stereocenters. The van der Waals surface area contributed by atoms with E-state index in [1.807, 2.05) is 6.26 Å². The molecule has 0 spiro atoms. The van der Waals surface area contributed by atoms with Crippen LogP contribution in [0.3, 0.4) is 0 Å². The lowest BCUT2D eigenvalue weighted by Gasteiger charge is -2.12. The third-order valence-corrected chi connectivity index (χ3v) is 3.30. The van der Waals surface area contributed by atoms with Crippen LogP contribution in [0.15, 0.2) is 24.3 Å². The van der Waals surface area contributed by atoms with Gasteiger partial charge in [-0.15, -0.1) is 0 Å². The van der Waals surface area contributed by atoms with Crippen molar-refractivity contribution >= 4 is 35.0 Å². The van der Waals surface area contributed by atoms with Gasteiger partial charge in [-0.3, -0.25) is 9.59 Å². The summed E-state index contributed by atoms with van der Waals surface area (Å²) in [7, 11) is 1.45. The highest BCUT2D eigenvalue weighted by Gasteiger charge is 2.13. The Hall–Kier alpha value is -1.57. The average molecular weight is 311 g/mol. The highest BCUT2D eigenvalue weighted by molar-refractivity contribution is 7.98. The van der Waals surface area contributed by atoms with E-state index in [0.29, 0.717) is 17.8 Å². The maximum atomic E-state index is 11.9. The third kappa shape index (κ3) is 6.61. The first-order chi connectivity index (χ1) is 10.1. The van der Waals surface area contributed by atoms with Gasteiger partial charge in [0.05, 0.1) is 6.04 Å². The number of thioether (sulfide) groups is 1. The van der Waals surface area contributed by atoms with Crippen LogP contribution in [0.25, 0.3) is 0 Å². The van der Waals surface area contributed by atoms with Crippen LogP contribution in [0, 0.1) is 0 Å². The molecule has 0 aliphatic carbocycles. The van der Waals surface area contributed by atoms with Gasteiger partial charge >= 0.3 is 0 Å². The number of hydrogen-bond acceptors (Lipinski definition) is 5. The second kappa shape index (κ2) is 9.38. The van der Waals surface area contributed by atoms with E-state index in [1.165, 1.54) is 7.11 Å². The number of amides is 2. The molecule has 7 heteroatoms. The Morgan fingerprint density at radius 1 is 1.33 bits per heavy atom. The Bertz CT molecular complexity index is 482. The van der Waals surface area contributed by atoms with Gasteiger partial charge in [0.1, 0.15) is 6.61 Å². The van der Waals surface area contributed by atoms with Gasteiger partial charge in [-0.1, -0.05) is 6.07 Å². The van der Waals surface area contributed by atoms with Gasteiger partial charge in [0.2, 0.25) is 11.8 Å². The molecule has 0 saturated heterocycles. The Morgan fingerprint density at radius 3 is 2.62 bits per heavy atom. The summed E-state index contributed by atoms with van der Waals surface area (Å²) in [5, 5.41) is 5.41. The summed E-state index contributed by atoms with van der Waals surface area (Å²) in [6, 6.07) is 6.35. The predicted molar refractivity (Wildman–Crippen MR) is 86.6 cm³/mol. The predicted octanol–water partition coefficient (Wildman–Crippen LogP) is 1.29. The molecule has 0 heterocycles. The van der Waals surface area contributed by atoms with E-state index in [0.717, 1.165) is 5.75 Å². The first kappa shape index (κ1) is 17.5. The van der Waals surface area contributed by atoms with Crippen LogP contribution in [0.4, 0.5) is 11.4 Å². The second-order valence-corrected chi connectivity index (χ2v) is 5.42. The molecule has 6 nitrogen and oxygen atoms in total. The van der Waals surface area contributed by atoms with E-state index in [2.05, 4.69) is 10.6 Å². The molecule has 1 aromatic carbocycles. The number of anilines is 2. The van der Waals surface area contributed by atoms with Crippen molar-refractivity contribution in [2.75, 3.05) is 36.4 Å². The number of ether oxygens (including phenoxy) is 1. The van der Waals surface area contributed by atoms with Crippen molar-refractivity contribution in [2.45, 2.75) is 12.5 Å². The Kier molecular flexibility index (Phi) is 7.81. The molecule has 4 N–H and O–H groups in total. The molecule has 0 saturated carbocycles. The summed E-state index contributed by atoms with van der Waals surface area (Å²) in [6.45, 7) is -0.0177. The normalized spacial score (nSPS) is 11.8. The van der Waals surface area contributed by atoms with Gasteiger partial charge in [-0.05, 0) is 36.6 Å². The number of nitrogens with two attached hydrogens (primary N) is 1. The summed E-state index contributed by atoms with van der Waals surface area (Å²) in [6.07, 6.45) is 2.59. The summed E-state index contributed by atoms with van der Waals surface area (Å²) >= 11 is 1.65. The van der Waals surface area contributed by atoms with Crippen molar-refractivity contribution in [1.29, 1.82) is 0 Å². The largest absolute Gasteiger partial charge is 0.375 e. The van der Waals surface area contributed by atoms with Crippen LogP contribution >= 0.6 is 11.8 Å². The fourth-order valence-corrected chi connectivity index (χ4v) is 2.10. The van der Waals surface area contributed by atoms with E-state index in [1.54, 1.807) is 36.0 Å². The van der Waals surface area contributed by atoms with Gasteiger partial charge < -0.3 is 21.1 Å². The Labute approximate surface area is 128 Å². The molecular formula is C14H21N3O3S. The van der Waals surface area contributed by atoms with Gasteiger partial charge in [-0.25, -0.2) is 0 Å². The lowest BCUT2D eigenvalue weighted by atomic mass is 10.2. The van der Waals surface area contributed by atoms with Gasteiger partial charge in [0.15, 0.2) is 0 Å². The second-order valence-electron chi connectivity index (χ2n) is 4.44. The van der Waals surface area contributed by atoms with Gasteiger partial charge in [0, 0.05) is 18.5 Å². The molecule has 0 aliphatic heterocycles. The molecule has 116 valence electrons. The molecule has 0 aromatic heterocycles. The topological polar surface area (TPSA) is 93.5 Å². The summed E-state index contributed by atoms with van der Waals surface area (Å²) < 4.78 is 4.74. The zero-order valence-corrected chi connectivity index (χ0v) is 13.0. The molecule has 0 aliphatic rings. The lowest BCUT2D eigenvalue weighted by molar-refractivity contribution is -0.119. The molecule has 0 bridgehead atoms. The lowest BCUT2D eigenvalue weighted by Crippen LogP contribution is -2.36. The maximum absolute atomic E-state index is 11.9. The van der Waals surface area contributed by atoms with Crippen molar-refractivity contribution < 1.29 is 14.3 Å². The average Bonchev–Trinajstić information content (AvgIpc) is 2.45. The fraction of sp³-hybridized carbons (Fsp3) is 0.429. The first-order valence-electron chi connectivity index (χ1n) is 6.51. The number of methoxy groups -OCH3 is 1. The molecule has 0 fully saturated rings. The zero-order chi connectivity index (χ0) is 15.7. The van der Waals surface area contributed by atoms with Crippen LogP contribution in [-0.2, 0) is 14.3 Å². The number of rotatable bonds is 8. The van der Waals surface area contributed by atoms with Crippen molar-refractivity contribution in [3.05, 3.63) is 24.3 Å². The molecule has 0 radical (unpaired) electrons. The highest BCUT2D eigenvalue weighted by Crippen LogP contribution is 2.15. The van der Waals surface area contributed by atoms with Crippen molar-refractivity contribution in [2.24, 2.45) is 5.73 Å². The van der Waals surface area contributed by atoms with Crippen LogP contribution in [0.5, 0.6) is 0 Å². The Morgan fingerprint density at radius 2 is 2.00 bits per heavy atom. The molecule has 21 heavy (non-hydrogen) atoms. The quantitative estimate of drug-likeness (QED) is 0.672. The van der Waals surface area contributed by atoms with Crippen LogP contribution in [0.2, 0.25) is 0 Å². The minimum atomic E-state index is -0.538. The van der Waals surface area contributed by atoms with Crippen molar-refractivity contribution in [3.63, 3.8) is 0 Å². The summed E-state index contributed by atoms with van der Waals surface area (Å²) in [5.74, 6) is 0.351. The van der Waals surface area contributed by atoms with Crippen molar-refractivity contribution in [3.8, 4) is 0 Å². The number of hydrogen-bond donors (Lipinski definition) is 3. The van der Waals surface area contributed by atoms with Crippen molar-refractivity contribution in [1.82, 2.24) is 0 Å². The number of benzene rings is 1. The van der Waals surface area contributed by atoms with E-state index in [-0.39, 0.29) is 18.4 Å².